The average Bonchev–Trinajstić information content (AvgIpc) is 3.03. The van der Waals surface area contributed by atoms with Crippen molar-refractivity contribution in [2.24, 2.45) is 35.5 Å². The largest absolute Gasteiger partial charge is 0.393 e. The molecule has 0 saturated heterocycles. The minimum atomic E-state index is -0.673. The highest BCUT2D eigenvalue weighted by atomic mass is 16.5. The number of aliphatic hydroxyl groups is 2. The summed E-state index contributed by atoms with van der Waals surface area (Å²) in [5.41, 5.74) is 0.441. The first-order chi connectivity index (χ1) is 23.4. The summed E-state index contributed by atoms with van der Waals surface area (Å²) in [6.07, 6.45) is 14.0. The molecular formula is C44H72O5. The summed E-state index contributed by atoms with van der Waals surface area (Å²) in [6.45, 7) is 27.2. The topological polar surface area (TPSA) is 68.2 Å². The molecular weight excluding hydrogens is 608 g/mol. The molecule has 2 saturated carbocycles. The normalized spacial score (nSPS) is 30.1. The van der Waals surface area contributed by atoms with Gasteiger partial charge in [-0.15, -0.1) is 19.7 Å². The minimum Gasteiger partial charge on any atom is -0.393 e. The van der Waals surface area contributed by atoms with E-state index in [1.165, 1.54) is 12.8 Å². The Morgan fingerprint density at radius 3 is 1.80 bits per heavy atom. The maximum atomic E-state index is 11.8. The lowest BCUT2D eigenvalue weighted by Crippen LogP contribution is -2.50. The Hall–Kier alpha value is -1.76. The molecule has 0 heterocycles. The highest BCUT2D eigenvalue weighted by Crippen LogP contribution is 2.48. The van der Waals surface area contributed by atoms with E-state index in [-0.39, 0.29) is 23.4 Å². The zero-order valence-electron chi connectivity index (χ0n) is 32.0. The Bertz CT molecular complexity index is 1100. The Kier molecular flexibility index (Phi) is 17.3. The minimum absolute atomic E-state index is 0.293. The van der Waals surface area contributed by atoms with Crippen LogP contribution in [0.3, 0.4) is 0 Å². The molecule has 2 aliphatic carbocycles. The van der Waals surface area contributed by atoms with E-state index in [9.17, 15) is 10.2 Å². The van der Waals surface area contributed by atoms with Crippen LogP contribution in [0.4, 0.5) is 0 Å². The first kappa shape index (κ1) is 41.7. The van der Waals surface area contributed by atoms with E-state index in [4.69, 9.17) is 14.2 Å². The van der Waals surface area contributed by atoms with Gasteiger partial charge in [0.1, 0.15) is 0 Å². The maximum absolute atomic E-state index is 11.8. The van der Waals surface area contributed by atoms with Crippen molar-refractivity contribution in [2.75, 3.05) is 6.61 Å². The molecule has 5 nitrogen and oxygen atoms in total. The maximum Gasteiger partial charge on any atom is 0.0785 e. The van der Waals surface area contributed by atoms with Crippen LogP contribution in [0.1, 0.15) is 124 Å². The SMILES string of the molecule is C=CC[C@]1(O[C@@H](C[C@@H](O)CCOCc2ccccc2)C[C@H](O)C[C@@H](C=C)O[C@@]2(CC=C)C[C@H](C)CC[C@H]2C(C)C)C[C@H](C)CC[C@H]1C(C)C. The first-order valence-electron chi connectivity index (χ1n) is 19.5. The molecule has 10 atom stereocenters. The van der Waals surface area contributed by atoms with E-state index in [1.54, 1.807) is 0 Å². The molecule has 0 radical (unpaired) electrons. The van der Waals surface area contributed by atoms with Gasteiger partial charge in [0.15, 0.2) is 0 Å². The molecule has 49 heavy (non-hydrogen) atoms. The van der Waals surface area contributed by atoms with Crippen molar-refractivity contribution in [3.63, 3.8) is 0 Å². The lowest BCUT2D eigenvalue weighted by molar-refractivity contribution is -0.181. The van der Waals surface area contributed by atoms with Crippen LogP contribution < -0.4 is 0 Å². The summed E-state index contributed by atoms with van der Waals surface area (Å²) in [5, 5.41) is 23.1. The molecule has 278 valence electrons. The van der Waals surface area contributed by atoms with Crippen LogP contribution in [-0.4, -0.2) is 52.4 Å². The molecule has 3 rings (SSSR count). The molecule has 1 aromatic carbocycles. The average molecular weight is 681 g/mol. The van der Waals surface area contributed by atoms with Crippen molar-refractivity contribution in [3.05, 3.63) is 73.9 Å². The molecule has 5 heteroatoms. The predicted molar refractivity (Wildman–Crippen MR) is 204 cm³/mol. The number of ether oxygens (including phenoxy) is 3. The second-order valence-electron chi connectivity index (χ2n) is 16.6. The van der Waals surface area contributed by atoms with E-state index in [0.29, 0.717) is 74.4 Å². The van der Waals surface area contributed by atoms with Crippen LogP contribution in [0, 0.1) is 35.5 Å². The monoisotopic (exact) mass is 681 g/mol. The van der Waals surface area contributed by atoms with Gasteiger partial charge in [-0.05, 0) is 98.9 Å². The van der Waals surface area contributed by atoms with Crippen molar-refractivity contribution in [3.8, 4) is 0 Å². The lowest BCUT2D eigenvalue weighted by atomic mass is 9.65. The van der Waals surface area contributed by atoms with E-state index in [0.717, 1.165) is 44.1 Å². The zero-order chi connectivity index (χ0) is 36.0. The summed E-state index contributed by atoms with van der Waals surface area (Å²) in [6, 6.07) is 10.1. The van der Waals surface area contributed by atoms with E-state index in [1.807, 2.05) is 48.6 Å². The predicted octanol–water partition coefficient (Wildman–Crippen LogP) is 10.3. The van der Waals surface area contributed by atoms with Crippen LogP contribution in [0.25, 0.3) is 0 Å². The second-order valence-corrected chi connectivity index (χ2v) is 16.6. The van der Waals surface area contributed by atoms with Crippen LogP contribution in [0.15, 0.2) is 68.3 Å². The molecule has 2 fully saturated rings. The number of hydrogen-bond donors (Lipinski definition) is 2. The summed E-state index contributed by atoms with van der Waals surface area (Å²) >= 11 is 0. The van der Waals surface area contributed by atoms with Gasteiger partial charge in [0.05, 0.1) is 42.2 Å². The smallest absolute Gasteiger partial charge is 0.0785 e. The molecule has 0 aromatic heterocycles. The molecule has 1 aromatic rings. The highest BCUT2D eigenvalue weighted by Gasteiger charge is 2.47. The highest BCUT2D eigenvalue weighted by molar-refractivity contribution is 5.13. The molecule has 0 amide bonds. The van der Waals surface area contributed by atoms with Crippen LogP contribution >= 0.6 is 0 Å². The zero-order valence-corrected chi connectivity index (χ0v) is 32.0. The third-order valence-corrected chi connectivity index (χ3v) is 11.6. The van der Waals surface area contributed by atoms with Gasteiger partial charge in [-0.2, -0.15) is 0 Å². The third kappa shape index (κ3) is 12.5. The van der Waals surface area contributed by atoms with Gasteiger partial charge >= 0.3 is 0 Å². The van der Waals surface area contributed by atoms with Gasteiger partial charge in [0, 0.05) is 13.0 Å². The third-order valence-electron chi connectivity index (χ3n) is 11.6. The first-order valence-corrected chi connectivity index (χ1v) is 19.5. The van der Waals surface area contributed by atoms with Gasteiger partial charge in [-0.3, -0.25) is 0 Å². The molecule has 0 unspecified atom stereocenters. The fourth-order valence-corrected chi connectivity index (χ4v) is 9.44. The number of hydrogen-bond acceptors (Lipinski definition) is 5. The van der Waals surface area contributed by atoms with E-state index >= 15 is 0 Å². The van der Waals surface area contributed by atoms with Gasteiger partial charge in [0.25, 0.3) is 0 Å². The van der Waals surface area contributed by atoms with Crippen molar-refractivity contribution < 1.29 is 24.4 Å². The molecule has 0 aliphatic heterocycles. The van der Waals surface area contributed by atoms with E-state index < -0.39 is 12.2 Å². The number of rotatable bonds is 22. The Morgan fingerprint density at radius 2 is 1.29 bits per heavy atom. The van der Waals surface area contributed by atoms with Gasteiger partial charge in [-0.25, -0.2) is 0 Å². The summed E-state index contributed by atoms with van der Waals surface area (Å²) in [4.78, 5) is 0. The Labute approximate surface area is 300 Å². The molecule has 2 aliphatic rings. The van der Waals surface area contributed by atoms with Crippen LogP contribution in [0.2, 0.25) is 0 Å². The van der Waals surface area contributed by atoms with Crippen LogP contribution in [0.5, 0.6) is 0 Å². The standard InChI is InChI=1S/C44H72O5/c1-10-23-43(29-34(8)18-20-41(43)32(4)5)48-39(12-3)27-38(46)28-40(26-37(45)22-25-47-31-36-16-14-13-15-17-36)49-44(24-11-2)30-35(9)19-21-42(44)33(6)7/h10-17,32-35,37-42,45-46H,1-3,18-31H2,4-9H3/t34-,35-,37+,38-,39-,40+,41+,42+,43+,44+/m1/s1. The number of aliphatic hydroxyl groups excluding tert-OH is 2. The summed E-state index contributed by atoms with van der Waals surface area (Å²) < 4.78 is 20.2. The fourth-order valence-electron chi connectivity index (χ4n) is 9.44. The van der Waals surface area contributed by atoms with Gasteiger partial charge < -0.3 is 24.4 Å². The van der Waals surface area contributed by atoms with Crippen molar-refractivity contribution >= 4 is 0 Å². The van der Waals surface area contributed by atoms with Gasteiger partial charge in [0.2, 0.25) is 0 Å². The van der Waals surface area contributed by atoms with Crippen molar-refractivity contribution in [1.29, 1.82) is 0 Å². The van der Waals surface area contributed by atoms with Crippen molar-refractivity contribution in [2.45, 2.75) is 161 Å². The van der Waals surface area contributed by atoms with Crippen LogP contribution in [-0.2, 0) is 20.8 Å². The molecule has 0 bridgehead atoms. The molecule has 2 N–H and O–H groups in total. The molecule has 0 spiro atoms. The Morgan fingerprint density at radius 1 is 0.755 bits per heavy atom. The quantitative estimate of drug-likeness (QED) is 0.0943. The fraction of sp³-hybridized carbons (Fsp3) is 0.727. The second kappa shape index (κ2) is 20.3. The van der Waals surface area contributed by atoms with Crippen molar-refractivity contribution in [1.82, 2.24) is 0 Å². The Balaban J connectivity index is 1.78. The number of benzene rings is 1. The summed E-state index contributed by atoms with van der Waals surface area (Å²) in [7, 11) is 0. The summed E-state index contributed by atoms with van der Waals surface area (Å²) in [5.74, 6) is 2.89. The lowest BCUT2D eigenvalue weighted by Gasteiger charge is -2.50. The van der Waals surface area contributed by atoms with Gasteiger partial charge in [-0.1, -0.05) is 103 Å². The van der Waals surface area contributed by atoms with E-state index in [2.05, 4.69) is 61.3 Å².